The molecule has 0 rings (SSSR count). The first-order chi connectivity index (χ1) is 4.41. The van der Waals surface area contributed by atoms with Crippen LogP contribution in [0.1, 0.15) is 6.42 Å². The Hall–Kier alpha value is 1.02. The molecule has 3 nitrogen and oxygen atoms in total. The predicted octanol–water partition coefficient (Wildman–Crippen LogP) is 2.17. The summed E-state index contributed by atoms with van der Waals surface area (Å²) in [7, 11) is 0. The van der Waals surface area contributed by atoms with E-state index in [0.717, 1.165) is 0 Å². The maximum atomic E-state index is 9.51. The van der Waals surface area contributed by atoms with Gasteiger partial charge >= 0.3 is 5.20 Å². The summed E-state index contributed by atoms with van der Waals surface area (Å²) in [4.78, 5) is 0. The van der Waals surface area contributed by atoms with Crippen LogP contribution in [-0.4, -0.2) is 23.4 Å². The molecule has 0 aliphatic heterocycles. The molecule has 0 atom stereocenters. The van der Waals surface area contributed by atoms with Gasteiger partial charge in [0.2, 0.25) is 0 Å². The van der Waals surface area contributed by atoms with E-state index in [2.05, 4.69) is 33.7 Å². The van der Waals surface area contributed by atoms with Crippen molar-refractivity contribution in [2.45, 2.75) is 6.42 Å². The largest absolute Gasteiger partial charge is 0.396 e. The highest BCUT2D eigenvalue weighted by Gasteiger charge is 2.02. The minimum Gasteiger partial charge on any atom is -0.396 e. The molecule has 0 aliphatic rings. The Kier molecular flexibility index (Phi) is 11.0. The first kappa shape index (κ1) is 13.6. The molecule has 0 unspecified atom stereocenters. The minimum atomic E-state index is -3.22. The lowest BCUT2D eigenvalue weighted by Gasteiger charge is -1.79. The van der Waals surface area contributed by atoms with Gasteiger partial charge in [0.1, 0.15) is 0 Å². The second-order valence-corrected chi connectivity index (χ2v) is 7.84. The van der Waals surface area contributed by atoms with E-state index in [-0.39, 0.29) is 13.2 Å². The average Bonchev–Trinajstić information content (AvgIpc) is 1.63. The van der Waals surface area contributed by atoms with Gasteiger partial charge in [-0.15, -0.1) is 0 Å². The summed E-state index contributed by atoms with van der Waals surface area (Å²) < 4.78 is 9.51. The summed E-state index contributed by atoms with van der Waals surface area (Å²) in [6, 6.07) is 0. The Morgan fingerprint density at radius 1 is 1.10 bits per heavy atom. The molecule has 0 saturated carbocycles. The number of hydrogen-bond donors (Lipinski definition) is 2. The third kappa shape index (κ3) is 63.6. The quantitative estimate of drug-likeness (QED) is 0.714. The fraction of sp³-hybridized carbons (Fsp3) is 1.00. The van der Waals surface area contributed by atoms with E-state index in [1.54, 1.807) is 0 Å². The highest BCUT2D eigenvalue weighted by molar-refractivity contribution is 8.24. The van der Waals surface area contributed by atoms with Crippen molar-refractivity contribution in [2.75, 3.05) is 13.2 Å². The zero-order chi connectivity index (χ0) is 8.62. The van der Waals surface area contributed by atoms with Crippen molar-refractivity contribution in [2.24, 2.45) is 0 Å². The van der Waals surface area contributed by atoms with E-state index in [0.29, 0.717) is 6.42 Å². The van der Waals surface area contributed by atoms with Crippen molar-refractivity contribution < 1.29 is 14.8 Å². The molecular formula is C3H8Cl3O3P. The van der Waals surface area contributed by atoms with Crippen LogP contribution in [-0.2, 0) is 4.57 Å². The first-order valence-corrected chi connectivity index (χ1v) is 6.74. The van der Waals surface area contributed by atoms with Crippen molar-refractivity contribution in [3.05, 3.63) is 0 Å². The van der Waals surface area contributed by atoms with Gasteiger partial charge in [-0.2, -0.15) is 0 Å². The molecule has 0 bridgehead atoms. The van der Waals surface area contributed by atoms with Crippen molar-refractivity contribution in [1.82, 2.24) is 0 Å². The third-order valence-corrected chi connectivity index (χ3v) is 0.316. The molecule has 7 heteroatoms. The van der Waals surface area contributed by atoms with Gasteiger partial charge in [-0.1, -0.05) is 0 Å². The van der Waals surface area contributed by atoms with Gasteiger partial charge in [-0.25, -0.2) is 0 Å². The Bertz CT molecular complexity index is 92.9. The van der Waals surface area contributed by atoms with E-state index in [1.165, 1.54) is 0 Å². The molecule has 0 aliphatic carbocycles. The molecule has 64 valence electrons. The first-order valence-electron chi connectivity index (χ1n) is 2.32. The molecule has 0 aromatic heterocycles. The minimum absolute atomic E-state index is 0.0938. The van der Waals surface area contributed by atoms with Crippen molar-refractivity contribution in [3.8, 4) is 0 Å². The van der Waals surface area contributed by atoms with E-state index in [9.17, 15) is 4.57 Å². The summed E-state index contributed by atoms with van der Waals surface area (Å²) in [5.74, 6) is 0. The SMILES string of the molecule is O=P(Cl)(Cl)Cl.OCCCO. The lowest BCUT2D eigenvalue weighted by atomic mass is 10.5. The summed E-state index contributed by atoms with van der Waals surface area (Å²) in [5, 5.41) is 12.6. The van der Waals surface area contributed by atoms with Crippen molar-refractivity contribution >= 4 is 38.9 Å². The van der Waals surface area contributed by atoms with Crippen LogP contribution in [0, 0.1) is 0 Å². The lowest BCUT2D eigenvalue weighted by molar-refractivity contribution is 0.221. The molecule has 10 heavy (non-hydrogen) atoms. The van der Waals surface area contributed by atoms with Gasteiger partial charge in [-0.05, 0) is 40.1 Å². The molecule has 2 N–H and O–H groups in total. The molecular weight excluding hydrogens is 221 g/mol. The van der Waals surface area contributed by atoms with Gasteiger partial charge in [-0.3, -0.25) is 4.57 Å². The van der Waals surface area contributed by atoms with Gasteiger partial charge in [0.25, 0.3) is 0 Å². The van der Waals surface area contributed by atoms with Gasteiger partial charge < -0.3 is 10.2 Å². The van der Waals surface area contributed by atoms with Crippen molar-refractivity contribution in [1.29, 1.82) is 0 Å². The van der Waals surface area contributed by atoms with Crippen LogP contribution in [0.25, 0.3) is 0 Å². The highest BCUT2D eigenvalue weighted by atomic mass is 36.0. The topological polar surface area (TPSA) is 57.5 Å². The summed E-state index contributed by atoms with van der Waals surface area (Å²) in [6.07, 6.45) is 0.500. The second-order valence-electron chi connectivity index (χ2n) is 1.20. The van der Waals surface area contributed by atoms with Crippen LogP contribution in [0.5, 0.6) is 0 Å². The number of halogens is 3. The van der Waals surface area contributed by atoms with E-state index < -0.39 is 5.20 Å². The molecule has 0 heterocycles. The molecule has 0 spiro atoms. The van der Waals surface area contributed by atoms with E-state index >= 15 is 0 Å². The number of aliphatic hydroxyl groups excluding tert-OH is 2. The van der Waals surface area contributed by atoms with Crippen LogP contribution >= 0.6 is 38.9 Å². The molecule has 0 fully saturated rings. The van der Waals surface area contributed by atoms with Crippen molar-refractivity contribution in [3.63, 3.8) is 0 Å². The standard InChI is InChI=1S/C3H8O2.Cl3OP/c4-2-1-3-5;1-5(2,3)4/h4-5H,1-3H2;. The van der Waals surface area contributed by atoms with Gasteiger partial charge in [0.15, 0.2) is 0 Å². The lowest BCUT2D eigenvalue weighted by Crippen LogP contribution is -1.85. The summed E-state index contributed by atoms with van der Waals surface area (Å²) in [6.45, 7) is 0.188. The Morgan fingerprint density at radius 3 is 1.30 bits per heavy atom. The molecule has 0 radical (unpaired) electrons. The highest BCUT2D eigenvalue weighted by Crippen LogP contribution is 2.61. The van der Waals surface area contributed by atoms with Gasteiger partial charge in [0, 0.05) is 13.2 Å². The third-order valence-electron chi connectivity index (χ3n) is 0.316. The number of aliphatic hydroxyl groups is 2. The maximum Gasteiger partial charge on any atom is 0.339 e. The smallest absolute Gasteiger partial charge is 0.339 e. The van der Waals surface area contributed by atoms with Crippen LogP contribution in [0.3, 0.4) is 0 Å². The Labute approximate surface area is 73.6 Å². The fourth-order valence-corrected chi connectivity index (χ4v) is 0.0707. The zero-order valence-electron chi connectivity index (χ0n) is 5.01. The normalized spacial score (nSPS) is 10.1. The summed E-state index contributed by atoms with van der Waals surface area (Å²) >= 11 is 13.8. The number of hydrogen-bond acceptors (Lipinski definition) is 3. The molecule has 0 amide bonds. The van der Waals surface area contributed by atoms with E-state index in [1.807, 2.05) is 0 Å². The van der Waals surface area contributed by atoms with Crippen LogP contribution in [0.2, 0.25) is 0 Å². The second kappa shape index (κ2) is 8.12. The Balaban J connectivity index is 0. The average molecular weight is 229 g/mol. The predicted molar refractivity (Wildman–Crippen MR) is 44.0 cm³/mol. The van der Waals surface area contributed by atoms with Crippen LogP contribution < -0.4 is 0 Å². The molecule has 0 aromatic rings. The molecule has 0 saturated heterocycles. The Morgan fingerprint density at radius 2 is 1.30 bits per heavy atom. The zero-order valence-corrected chi connectivity index (χ0v) is 8.17. The monoisotopic (exact) mass is 228 g/mol. The fourth-order valence-electron chi connectivity index (χ4n) is 0.0707. The number of rotatable bonds is 2. The van der Waals surface area contributed by atoms with Crippen LogP contribution in [0.15, 0.2) is 0 Å². The summed E-state index contributed by atoms with van der Waals surface area (Å²) in [5.41, 5.74) is 0. The van der Waals surface area contributed by atoms with Crippen LogP contribution in [0.4, 0.5) is 0 Å². The van der Waals surface area contributed by atoms with E-state index in [4.69, 9.17) is 10.2 Å². The molecule has 0 aromatic carbocycles. The maximum absolute atomic E-state index is 9.51. The van der Waals surface area contributed by atoms with Gasteiger partial charge in [0.05, 0.1) is 0 Å².